The zero-order valence-electron chi connectivity index (χ0n) is 12.5. The molecule has 1 aliphatic carbocycles. The Morgan fingerprint density at radius 3 is 2.75 bits per heavy atom. The van der Waals surface area contributed by atoms with Gasteiger partial charge in [0.15, 0.2) is 0 Å². The first kappa shape index (κ1) is 13.6. The van der Waals surface area contributed by atoms with Gasteiger partial charge in [0.25, 0.3) is 0 Å². The number of nitrogens with one attached hydrogen (secondary N) is 1. The first-order valence-corrected chi connectivity index (χ1v) is 7.82. The molecule has 1 aromatic heterocycles. The van der Waals surface area contributed by atoms with Crippen molar-refractivity contribution in [3.63, 3.8) is 0 Å². The molecule has 0 spiro atoms. The molecule has 2 heteroatoms. The molecule has 1 aromatic carbocycles. The van der Waals surface area contributed by atoms with Crippen molar-refractivity contribution >= 4 is 10.9 Å². The Balaban J connectivity index is 1.97. The number of fused-ring (bicyclic) bond motifs is 1. The van der Waals surface area contributed by atoms with E-state index >= 15 is 0 Å². The summed E-state index contributed by atoms with van der Waals surface area (Å²) < 4.78 is 0. The third-order valence-corrected chi connectivity index (χ3v) is 4.67. The fraction of sp³-hybridized carbons (Fsp3) is 0.500. The Morgan fingerprint density at radius 1 is 1.05 bits per heavy atom. The summed E-state index contributed by atoms with van der Waals surface area (Å²) in [6, 6.07) is 11.8. The zero-order valence-corrected chi connectivity index (χ0v) is 12.5. The van der Waals surface area contributed by atoms with E-state index < -0.39 is 0 Å². The highest BCUT2D eigenvalue weighted by molar-refractivity contribution is 5.79. The lowest BCUT2D eigenvalue weighted by Gasteiger charge is -2.25. The quantitative estimate of drug-likeness (QED) is 0.827. The molecule has 0 amide bonds. The fourth-order valence-electron chi connectivity index (χ4n) is 3.53. The standard InChI is InChI=1S/C18H24N2/c1-13-8-9-15-12-14(10-11-17(15)20-13)16-6-4-3-5-7-18(16)19-2/h8-12,16,18-19H,3-7H2,1-2H3. The van der Waals surface area contributed by atoms with E-state index in [9.17, 15) is 0 Å². The van der Waals surface area contributed by atoms with Crippen molar-refractivity contribution in [3.05, 3.63) is 41.6 Å². The molecular weight excluding hydrogens is 244 g/mol. The van der Waals surface area contributed by atoms with Gasteiger partial charge in [0.2, 0.25) is 0 Å². The summed E-state index contributed by atoms with van der Waals surface area (Å²) in [6.07, 6.45) is 6.69. The van der Waals surface area contributed by atoms with E-state index in [-0.39, 0.29) is 0 Å². The summed E-state index contributed by atoms with van der Waals surface area (Å²) in [6.45, 7) is 2.05. The highest BCUT2D eigenvalue weighted by atomic mass is 14.9. The van der Waals surface area contributed by atoms with E-state index in [1.54, 1.807) is 0 Å². The highest BCUT2D eigenvalue weighted by Crippen LogP contribution is 2.33. The van der Waals surface area contributed by atoms with Crippen molar-refractivity contribution in [1.29, 1.82) is 0 Å². The molecule has 20 heavy (non-hydrogen) atoms. The van der Waals surface area contributed by atoms with Crippen LogP contribution in [0.3, 0.4) is 0 Å². The van der Waals surface area contributed by atoms with Gasteiger partial charge >= 0.3 is 0 Å². The molecule has 1 heterocycles. The van der Waals surface area contributed by atoms with Crippen LogP contribution in [0, 0.1) is 6.92 Å². The van der Waals surface area contributed by atoms with Gasteiger partial charge in [-0.3, -0.25) is 4.98 Å². The van der Waals surface area contributed by atoms with Crippen molar-refractivity contribution in [1.82, 2.24) is 10.3 Å². The molecule has 3 rings (SSSR count). The van der Waals surface area contributed by atoms with Crippen LogP contribution in [0.1, 0.15) is 49.3 Å². The number of nitrogens with zero attached hydrogens (tertiary/aromatic N) is 1. The van der Waals surface area contributed by atoms with Crippen molar-refractivity contribution in [3.8, 4) is 0 Å². The molecule has 0 bridgehead atoms. The first-order chi connectivity index (χ1) is 9.78. The van der Waals surface area contributed by atoms with Gasteiger partial charge in [-0.2, -0.15) is 0 Å². The maximum absolute atomic E-state index is 4.60. The molecule has 2 nitrogen and oxygen atoms in total. The molecule has 106 valence electrons. The van der Waals surface area contributed by atoms with Crippen molar-refractivity contribution in [2.24, 2.45) is 0 Å². The summed E-state index contributed by atoms with van der Waals surface area (Å²) in [5.41, 5.74) is 3.68. The Labute approximate surface area is 121 Å². The summed E-state index contributed by atoms with van der Waals surface area (Å²) in [5.74, 6) is 0.646. The van der Waals surface area contributed by atoms with Crippen LogP contribution in [0.5, 0.6) is 0 Å². The molecule has 0 saturated heterocycles. The summed E-state index contributed by atoms with van der Waals surface area (Å²) in [4.78, 5) is 4.60. The molecule has 1 aliphatic rings. The number of rotatable bonds is 2. The van der Waals surface area contributed by atoms with Crippen LogP contribution in [0.15, 0.2) is 30.3 Å². The number of likely N-dealkylation sites (N-methyl/N-ethyl adjacent to an activating group) is 1. The number of benzene rings is 1. The minimum atomic E-state index is 0.619. The van der Waals surface area contributed by atoms with E-state index in [4.69, 9.17) is 0 Å². The summed E-state index contributed by atoms with van der Waals surface area (Å²) in [7, 11) is 2.11. The van der Waals surface area contributed by atoms with Crippen molar-refractivity contribution < 1.29 is 0 Å². The van der Waals surface area contributed by atoms with E-state index in [2.05, 4.69) is 54.6 Å². The van der Waals surface area contributed by atoms with Gasteiger partial charge in [-0.05, 0) is 56.5 Å². The monoisotopic (exact) mass is 268 g/mol. The van der Waals surface area contributed by atoms with E-state index in [0.29, 0.717) is 12.0 Å². The van der Waals surface area contributed by atoms with Crippen LogP contribution in [0.4, 0.5) is 0 Å². The lowest BCUT2D eigenvalue weighted by atomic mass is 9.87. The second kappa shape index (κ2) is 5.92. The van der Waals surface area contributed by atoms with E-state index in [1.807, 2.05) is 0 Å². The first-order valence-electron chi connectivity index (χ1n) is 7.82. The maximum Gasteiger partial charge on any atom is 0.0705 e. The molecule has 1 N–H and O–H groups in total. The van der Waals surface area contributed by atoms with Gasteiger partial charge < -0.3 is 5.32 Å². The van der Waals surface area contributed by atoms with Gasteiger partial charge in [0.05, 0.1) is 5.52 Å². The number of pyridine rings is 1. The molecule has 1 saturated carbocycles. The van der Waals surface area contributed by atoms with Gasteiger partial charge in [-0.15, -0.1) is 0 Å². The Kier molecular flexibility index (Phi) is 4.02. The third kappa shape index (κ3) is 2.71. The zero-order chi connectivity index (χ0) is 13.9. The fourth-order valence-corrected chi connectivity index (χ4v) is 3.53. The van der Waals surface area contributed by atoms with Crippen LogP contribution >= 0.6 is 0 Å². The van der Waals surface area contributed by atoms with Crippen LogP contribution < -0.4 is 5.32 Å². The molecule has 2 aromatic rings. The van der Waals surface area contributed by atoms with Crippen molar-refractivity contribution in [2.75, 3.05) is 7.05 Å². The Bertz CT molecular complexity index is 591. The number of aromatic nitrogens is 1. The largest absolute Gasteiger partial charge is 0.316 e. The Morgan fingerprint density at radius 2 is 1.90 bits per heavy atom. The topological polar surface area (TPSA) is 24.9 Å². The minimum Gasteiger partial charge on any atom is -0.316 e. The predicted molar refractivity (Wildman–Crippen MR) is 85.2 cm³/mol. The Hall–Kier alpha value is -1.41. The van der Waals surface area contributed by atoms with Crippen LogP contribution in [-0.4, -0.2) is 18.1 Å². The normalized spacial score (nSPS) is 23.7. The molecule has 2 unspecified atom stereocenters. The third-order valence-electron chi connectivity index (χ3n) is 4.67. The number of hydrogen-bond donors (Lipinski definition) is 1. The van der Waals surface area contributed by atoms with Crippen LogP contribution in [0.2, 0.25) is 0 Å². The van der Waals surface area contributed by atoms with Gasteiger partial charge in [0, 0.05) is 17.1 Å². The average Bonchev–Trinajstić information content (AvgIpc) is 2.71. The molecule has 1 fully saturated rings. The predicted octanol–water partition coefficient (Wildman–Crippen LogP) is 4.18. The molecule has 0 aliphatic heterocycles. The molecular formula is C18H24N2. The van der Waals surface area contributed by atoms with Crippen molar-refractivity contribution in [2.45, 2.75) is 51.0 Å². The molecule has 2 atom stereocenters. The van der Waals surface area contributed by atoms with Crippen LogP contribution in [-0.2, 0) is 0 Å². The summed E-state index contributed by atoms with van der Waals surface area (Å²) >= 11 is 0. The minimum absolute atomic E-state index is 0.619. The molecule has 0 radical (unpaired) electrons. The van der Waals surface area contributed by atoms with Gasteiger partial charge in [-0.1, -0.05) is 31.4 Å². The van der Waals surface area contributed by atoms with Gasteiger partial charge in [-0.25, -0.2) is 0 Å². The van der Waals surface area contributed by atoms with E-state index in [1.165, 1.54) is 43.1 Å². The smallest absolute Gasteiger partial charge is 0.0705 e. The second-order valence-corrected chi connectivity index (χ2v) is 6.04. The number of aryl methyl sites for hydroxylation is 1. The van der Waals surface area contributed by atoms with E-state index in [0.717, 1.165) is 11.2 Å². The second-order valence-electron chi connectivity index (χ2n) is 6.04. The maximum atomic E-state index is 4.60. The average molecular weight is 268 g/mol. The SMILES string of the molecule is CNC1CCCCCC1c1ccc2nc(C)ccc2c1. The lowest BCUT2D eigenvalue weighted by Crippen LogP contribution is -2.31. The van der Waals surface area contributed by atoms with Gasteiger partial charge in [0.1, 0.15) is 0 Å². The highest BCUT2D eigenvalue weighted by Gasteiger charge is 2.23. The lowest BCUT2D eigenvalue weighted by molar-refractivity contribution is 0.439. The van der Waals surface area contributed by atoms with Crippen LogP contribution in [0.25, 0.3) is 10.9 Å². The summed E-state index contributed by atoms with van der Waals surface area (Å²) in [5, 5.41) is 4.80. The number of hydrogen-bond acceptors (Lipinski definition) is 2.